The summed E-state index contributed by atoms with van der Waals surface area (Å²) in [5.41, 5.74) is 2.86. The highest BCUT2D eigenvalue weighted by molar-refractivity contribution is 14.1. The fourth-order valence-electron chi connectivity index (χ4n) is 4.97. The topological polar surface area (TPSA) is 59.8 Å². The Hall–Kier alpha value is -2.24. The fourth-order valence-corrected chi connectivity index (χ4v) is 5.64. The third-order valence-corrected chi connectivity index (χ3v) is 7.66. The number of halogens is 2. The number of benzene rings is 2. The maximum atomic E-state index is 15.3. The van der Waals surface area contributed by atoms with Crippen LogP contribution in [0.1, 0.15) is 51.8 Å². The Morgan fingerprint density at radius 3 is 2.59 bits per heavy atom. The summed E-state index contributed by atoms with van der Waals surface area (Å²) in [5.74, 6) is -0.234. The molecule has 1 atom stereocenters. The summed E-state index contributed by atoms with van der Waals surface area (Å²) in [7, 11) is 0. The van der Waals surface area contributed by atoms with Crippen molar-refractivity contribution in [3.8, 4) is 11.1 Å². The van der Waals surface area contributed by atoms with Gasteiger partial charge in [0.2, 0.25) is 0 Å². The molecule has 2 aliphatic rings. The van der Waals surface area contributed by atoms with Crippen LogP contribution in [-0.2, 0) is 16.0 Å². The van der Waals surface area contributed by atoms with E-state index in [2.05, 4.69) is 27.5 Å². The molecular weight excluding hydrogens is 586 g/mol. The molecular formula is C28H34FIN4O3. The van der Waals surface area contributed by atoms with Crippen LogP contribution < -0.4 is 0 Å². The molecule has 37 heavy (non-hydrogen) atoms. The zero-order valence-electron chi connectivity index (χ0n) is 21.7. The standard InChI is InChI=1S/C28H34FIN4O3/c1-28(2,3)37-27(35)33-13-11-32(12-14-33)18-19-7-9-21(23(29)16-19)20-8-10-24-22(17-20)26(30)31-34(24)25-6-4-5-15-36-25/h7-10,16-17,25H,4-6,11-15,18H2,1-3H3. The van der Waals surface area contributed by atoms with E-state index in [1.165, 1.54) is 0 Å². The zero-order valence-corrected chi connectivity index (χ0v) is 23.8. The Bertz CT molecular complexity index is 1270. The van der Waals surface area contributed by atoms with Crippen molar-refractivity contribution in [2.75, 3.05) is 32.8 Å². The fraction of sp³-hybridized carbons (Fsp3) is 0.500. The molecule has 0 bridgehead atoms. The van der Waals surface area contributed by atoms with Crippen molar-refractivity contribution < 1.29 is 18.7 Å². The summed E-state index contributed by atoms with van der Waals surface area (Å²) >= 11 is 2.25. The highest BCUT2D eigenvalue weighted by atomic mass is 127. The lowest BCUT2D eigenvalue weighted by Gasteiger charge is -2.35. The Kier molecular flexibility index (Phi) is 7.74. The van der Waals surface area contributed by atoms with Crippen LogP contribution in [-0.4, -0.2) is 64.1 Å². The van der Waals surface area contributed by atoms with E-state index >= 15 is 4.39 Å². The molecule has 7 nitrogen and oxygen atoms in total. The molecule has 1 unspecified atom stereocenters. The average Bonchev–Trinajstić information content (AvgIpc) is 3.20. The monoisotopic (exact) mass is 620 g/mol. The predicted molar refractivity (Wildman–Crippen MR) is 150 cm³/mol. The van der Waals surface area contributed by atoms with Gasteiger partial charge >= 0.3 is 6.09 Å². The quantitative estimate of drug-likeness (QED) is 0.326. The maximum absolute atomic E-state index is 15.3. The summed E-state index contributed by atoms with van der Waals surface area (Å²) < 4.78 is 29.6. The number of rotatable bonds is 4. The number of fused-ring (bicyclic) bond motifs is 1. The number of carbonyl (C=O) groups is 1. The Balaban J connectivity index is 1.26. The van der Waals surface area contributed by atoms with Crippen molar-refractivity contribution >= 4 is 39.6 Å². The lowest BCUT2D eigenvalue weighted by molar-refractivity contribution is -0.0368. The Morgan fingerprint density at radius 1 is 1.14 bits per heavy atom. The molecule has 2 fully saturated rings. The highest BCUT2D eigenvalue weighted by Gasteiger charge is 2.26. The minimum atomic E-state index is -0.499. The molecule has 5 rings (SSSR count). The van der Waals surface area contributed by atoms with Crippen molar-refractivity contribution in [1.29, 1.82) is 0 Å². The van der Waals surface area contributed by atoms with E-state index < -0.39 is 5.60 Å². The molecule has 9 heteroatoms. The zero-order chi connectivity index (χ0) is 26.2. The van der Waals surface area contributed by atoms with Gasteiger partial charge in [0.15, 0.2) is 6.23 Å². The van der Waals surface area contributed by atoms with Crippen LogP contribution in [0, 0.1) is 9.52 Å². The van der Waals surface area contributed by atoms with E-state index in [-0.39, 0.29) is 18.1 Å². The van der Waals surface area contributed by atoms with Gasteiger partial charge in [-0.15, -0.1) is 0 Å². The van der Waals surface area contributed by atoms with E-state index in [1.807, 2.05) is 55.8 Å². The molecule has 0 saturated carbocycles. The second-order valence-corrected chi connectivity index (χ2v) is 11.9. The number of ether oxygens (including phenoxy) is 2. The van der Waals surface area contributed by atoms with Gasteiger partial charge in [0.25, 0.3) is 0 Å². The first kappa shape index (κ1) is 26.4. The number of amides is 1. The van der Waals surface area contributed by atoms with Gasteiger partial charge in [0.05, 0.1) is 5.52 Å². The first-order valence-electron chi connectivity index (χ1n) is 13.0. The molecule has 1 amide bonds. The Labute approximate surface area is 231 Å². The lowest BCUT2D eigenvalue weighted by atomic mass is 10.0. The molecule has 0 radical (unpaired) electrons. The summed E-state index contributed by atoms with van der Waals surface area (Å²) in [5, 5.41) is 5.74. The van der Waals surface area contributed by atoms with Crippen LogP contribution in [0.3, 0.4) is 0 Å². The second kappa shape index (κ2) is 10.9. The maximum Gasteiger partial charge on any atom is 0.410 e. The van der Waals surface area contributed by atoms with Crippen LogP contribution in [0.25, 0.3) is 22.0 Å². The van der Waals surface area contributed by atoms with Crippen LogP contribution in [0.15, 0.2) is 36.4 Å². The van der Waals surface area contributed by atoms with Crippen molar-refractivity contribution in [1.82, 2.24) is 19.6 Å². The lowest BCUT2D eigenvalue weighted by Crippen LogP contribution is -2.49. The van der Waals surface area contributed by atoms with Gasteiger partial charge in [-0.2, -0.15) is 5.10 Å². The van der Waals surface area contributed by atoms with Crippen molar-refractivity contribution in [3.63, 3.8) is 0 Å². The molecule has 2 aliphatic heterocycles. The average molecular weight is 621 g/mol. The second-order valence-electron chi connectivity index (χ2n) is 10.8. The molecule has 2 saturated heterocycles. The normalized spacial score (nSPS) is 19.4. The van der Waals surface area contributed by atoms with Crippen LogP contribution in [0.5, 0.6) is 0 Å². The summed E-state index contributed by atoms with van der Waals surface area (Å²) in [6.45, 7) is 9.69. The molecule has 0 N–H and O–H groups in total. The molecule has 0 spiro atoms. The third-order valence-electron chi connectivity index (χ3n) is 6.86. The first-order valence-corrected chi connectivity index (χ1v) is 14.0. The van der Waals surface area contributed by atoms with E-state index in [9.17, 15) is 4.79 Å². The number of hydrogen-bond acceptors (Lipinski definition) is 5. The summed E-state index contributed by atoms with van der Waals surface area (Å²) in [6.07, 6.45) is 2.88. The van der Waals surface area contributed by atoms with Gasteiger partial charge in [0.1, 0.15) is 15.1 Å². The molecule has 3 aromatic rings. The third kappa shape index (κ3) is 6.09. The van der Waals surface area contributed by atoms with Crippen LogP contribution in [0.2, 0.25) is 0 Å². The van der Waals surface area contributed by atoms with Crippen molar-refractivity contribution in [2.24, 2.45) is 0 Å². The molecule has 0 aliphatic carbocycles. The number of carbonyl (C=O) groups excluding carboxylic acids is 1. The van der Waals surface area contributed by atoms with Crippen LogP contribution >= 0.6 is 22.6 Å². The van der Waals surface area contributed by atoms with E-state index in [1.54, 1.807) is 11.0 Å². The first-order chi connectivity index (χ1) is 17.7. The minimum Gasteiger partial charge on any atom is -0.444 e. The van der Waals surface area contributed by atoms with Gasteiger partial charge in [-0.05, 0) is 92.0 Å². The van der Waals surface area contributed by atoms with Gasteiger partial charge in [-0.25, -0.2) is 13.9 Å². The van der Waals surface area contributed by atoms with Gasteiger partial charge in [0, 0.05) is 50.3 Å². The van der Waals surface area contributed by atoms with E-state index in [0.29, 0.717) is 25.2 Å². The molecule has 2 aromatic carbocycles. The summed E-state index contributed by atoms with van der Waals surface area (Å²) in [6, 6.07) is 11.5. The van der Waals surface area contributed by atoms with Gasteiger partial charge < -0.3 is 14.4 Å². The van der Waals surface area contributed by atoms with Crippen LogP contribution in [0.4, 0.5) is 9.18 Å². The number of aromatic nitrogens is 2. The van der Waals surface area contributed by atoms with E-state index in [4.69, 9.17) is 14.6 Å². The van der Waals surface area contributed by atoms with Crippen molar-refractivity contribution in [2.45, 2.75) is 58.4 Å². The predicted octanol–water partition coefficient (Wildman–Crippen LogP) is 6.20. The molecule has 198 valence electrons. The molecule has 3 heterocycles. The van der Waals surface area contributed by atoms with Gasteiger partial charge in [-0.1, -0.05) is 18.2 Å². The SMILES string of the molecule is CC(C)(C)OC(=O)N1CCN(Cc2ccc(-c3ccc4c(c3)c(I)nn4C3CCCCO3)c(F)c2)CC1. The molecule has 1 aromatic heterocycles. The number of piperazine rings is 1. The Morgan fingerprint density at radius 2 is 1.92 bits per heavy atom. The minimum absolute atomic E-state index is 0.0346. The van der Waals surface area contributed by atoms with Gasteiger partial charge in [-0.3, -0.25) is 4.90 Å². The highest BCUT2D eigenvalue weighted by Crippen LogP contribution is 2.33. The van der Waals surface area contributed by atoms with Crippen molar-refractivity contribution in [3.05, 3.63) is 51.5 Å². The number of nitrogens with zero attached hydrogens (tertiary/aromatic N) is 4. The number of hydrogen-bond donors (Lipinski definition) is 0. The summed E-state index contributed by atoms with van der Waals surface area (Å²) in [4.78, 5) is 16.3. The smallest absolute Gasteiger partial charge is 0.410 e. The largest absolute Gasteiger partial charge is 0.444 e. The van der Waals surface area contributed by atoms with E-state index in [0.717, 1.165) is 64.7 Å².